The quantitative estimate of drug-likeness (QED) is 0.705. The lowest BCUT2D eigenvalue weighted by Gasteiger charge is -2.27. The SMILES string of the molecule is COC(C)(C)CCN(C)C(C)C(=O)O. The standard InChI is InChI=1S/C10H21NO3/c1-8(9(12)13)11(4)7-6-10(2,3)14-5/h8H,6-7H2,1-5H3,(H,12,13). The molecule has 0 aliphatic heterocycles. The molecule has 14 heavy (non-hydrogen) atoms. The number of aliphatic carboxylic acids is 1. The van der Waals surface area contributed by atoms with Gasteiger partial charge in [0, 0.05) is 13.7 Å². The van der Waals surface area contributed by atoms with E-state index in [1.54, 1.807) is 14.0 Å². The lowest BCUT2D eigenvalue weighted by Crippen LogP contribution is -2.39. The average Bonchev–Trinajstić information content (AvgIpc) is 2.13. The monoisotopic (exact) mass is 203 g/mol. The number of ether oxygens (including phenoxy) is 1. The van der Waals surface area contributed by atoms with E-state index in [2.05, 4.69) is 0 Å². The molecule has 1 atom stereocenters. The molecule has 0 saturated heterocycles. The van der Waals surface area contributed by atoms with Crippen LogP contribution < -0.4 is 0 Å². The molecule has 0 radical (unpaired) electrons. The number of hydrogen-bond donors (Lipinski definition) is 1. The molecule has 1 unspecified atom stereocenters. The Morgan fingerprint density at radius 3 is 2.43 bits per heavy atom. The van der Waals surface area contributed by atoms with Crippen molar-refractivity contribution in [2.45, 2.75) is 38.8 Å². The van der Waals surface area contributed by atoms with Crippen LogP contribution in [0.15, 0.2) is 0 Å². The normalized spacial score (nSPS) is 14.4. The Bertz CT molecular complexity index is 192. The number of likely N-dealkylation sites (N-methyl/N-ethyl adjacent to an activating group) is 1. The zero-order chi connectivity index (χ0) is 11.4. The Balaban J connectivity index is 3.96. The van der Waals surface area contributed by atoms with Crippen molar-refractivity contribution in [3.05, 3.63) is 0 Å². The van der Waals surface area contributed by atoms with E-state index in [1.165, 1.54) is 0 Å². The van der Waals surface area contributed by atoms with Gasteiger partial charge in [-0.15, -0.1) is 0 Å². The lowest BCUT2D eigenvalue weighted by atomic mass is 10.0. The number of methoxy groups -OCH3 is 1. The maximum Gasteiger partial charge on any atom is 0.320 e. The largest absolute Gasteiger partial charge is 0.480 e. The third-order valence-corrected chi connectivity index (χ3v) is 2.64. The maximum atomic E-state index is 10.7. The predicted octanol–water partition coefficient (Wildman–Crippen LogP) is 1.21. The molecular weight excluding hydrogens is 182 g/mol. The summed E-state index contributed by atoms with van der Waals surface area (Å²) in [6, 6.07) is -0.442. The Morgan fingerprint density at radius 2 is 2.07 bits per heavy atom. The summed E-state index contributed by atoms with van der Waals surface area (Å²) in [4.78, 5) is 12.5. The summed E-state index contributed by atoms with van der Waals surface area (Å²) in [7, 11) is 3.48. The summed E-state index contributed by atoms with van der Waals surface area (Å²) in [6.45, 7) is 6.38. The topological polar surface area (TPSA) is 49.8 Å². The van der Waals surface area contributed by atoms with Gasteiger partial charge in [0.25, 0.3) is 0 Å². The van der Waals surface area contributed by atoms with Crippen molar-refractivity contribution >= 4 is 5.97 Å². The number of rotatable bonds is 6. The molecule has 0 fully saturated rings. The highest BCUT2D eigenvalue weighted by Crippen LogP contribution is 2.13. The Morgan fingerprint density at radius 1 is 1.57 bits per heavy atom. The minimum absolute atomic E-state index is 0.188. The van der Waals surface area contributed by atoms with E-state index >= 15 is 0 Å². The van der Waals surface area contributed by atoms with Crippen LogP contribution in [0.3, 0.4) is 0 Å². The summed E-state index contributed by atoms with van der Waals surface area (Å²) in [5.41, 5.74) is -0.188. The highest BCUT2D eigenvalue weighted by Gasteiger charge is 2.21. The molecule has 0 spiro atoms. The summed E-state index contributed by atoms with van der Waals surface area (Å²) in [5, 5.41) is 8.77. The van der Waals surface area contributed by atoms with Crippen molar-refractivity contribution < 1.29 is 14.6 Å². The molecule has 0 bridgehead atoms. The van der Waals surface area contributed by atoms with Gasteiger partial charge in [-0.1, -0.05) is 0 Å². The number of carboxylic acids is 1. The molecule has 0 aliphatic rings. The first-order chi connectivity index (χ1) is 6.30. The van der Waals surface area contributed by atoms with E-state index in [0.29, 0.717) is 6.54 Å². The van der Waals surface area contributed by atoms with Crippen LogP contribution in [0.5, 0.6) is 0 Å². The van der Waals surface area contributed by atoms with Crippen LogP contribution in [0, 0.1) is 0 Å². The van der Waals surface area contributed by atoms with Crippen molar-refractivity contribution in [1.82, 2.24) is 4.90 Å². The predicted molar refractivity (Wildman–Crippen MR) is 55.4 cm³/mol. The second-order valence-electron chi connectivity index (χ2n) is 4.21. The van der Waals surface area contributed by atoms with Gasteiger partial charge >= 0.3 is 5.97 Å². The second kappa shape index (κ2) is 5.32. The fourth-order valence-electron chi connectivity index (χ4n) is 0.930. The van der Waals surface area contributed by atoms with Gasteiger partial charge in [0.15, 0.2) is 0 Å². The number of carbonyl (C=O) groups is 1. The Kier molecular flexibility index (Phi) is 5.08. The van der Waals surface area contributed by atoms with Crippen LogP contribution in [0.1, 0.15) is 27.2 Å². The summed E-state index contributed by atoms with van der Waals surface area (Å²) < 4.78 is 5.25. The summed E-state index contributed by atoms with van der Waals surface area (Å²) in [6.07, 6.45) is 0.817. The van der Waals surface area contributed by atoms with E-state index < -0.39 is 12.0 Å². The molecule has 4 heteroatoms. The van der Waals surface area contributed by atoms with E-state index in [0.717, 1.165) is 6.42 Å². The molecule has 0 aliphatic carbocycles. The van der Waals surface area contributed by atoms with Gasteiger partial charge in [0.05, 0.1) is 5.60 Å². The van der Waals surface area contributed by atoms with Crippen LogP contribution in [0.25, 0.3) is 0 Å². The van der Waals surface area contributed by atoms with Crippen LogP contribution >= 0.6 is 0 Å². The van der Waals surface area contributed by atoms with Crippen molar-refractivity contribution in [1.29, 1.82) is 0 Å². The highest BCUT2D eigenvalue weighted by atomic mass is 16.5. The molecule has 0 aromatic rings. The Hall–Kier alpha value is -0.610. The van der Waals surface area contributed by atoms with Crippen LogP contribution in [0.4, 0.5) is 0 Å². The molecule has 0 rings (SSSR count). The van der Waals surface area contributed by atoms with Gasteiger partial charge in [0.1, 0.15) is 6.04 Å². The zero-order valence-corrected chi connectivity index (χ0v) is 9.70. The van der Waals surface area contributed by atoms with Gasteiger partial charge in [-0.05, 0) is 34.2 Å². The first-order valence-corrected chi connectivity index (χ1v) is 4.78. The molecular formula is C10H21NO3. The molecule has 0 heterocycles. The zero-order valence-electron chi connectivity index (χ0n) is 9.70. The van der Waals surface area contributed by atoms with Crippen molar-refractivity contribution in [2.24, 2.45) is 0 Å². The molecule has 0 aromatic carbocycles. The second-order valence-corrected chi connectivity index (χ2v) is 4.21. The molecule has 0 amide bonds. The van der Waals surface area contributed by atoms with E-state index in [9.17, 15) is 4.79 Å². The van der Waals surface area contributed by atoms with Gasteiger partial charge < -0.3 is 9.84 Å². The molecule has 4 nitrogen and oxygen atoms in total. The summed E-state index contributed by atoms with van der Waals surface area (Å²) >= 11 is 0. The first kappa shape index (κ1) is 13.4. The van der Waals surface area contributed by atoms with Crippen LogP contribution in [-0.2, 0) is 9.53 Å². The molecule has 1 N–H and O–H groups in total. The van der Waals surface area contributed by atoms with Gasteiger partial charge in [-0.2, -0.15) is 0 Å². The fraction of sp³-hybridized carbons (Fsp3) is 0.900. The smallest absolute Gasteiger partial charge is 0.320 e. The van der Waals surface area contributed by atoms with Crippen molar-refractivity contribution in [3.8, 4) is 0 Å². The minimum atomic E-state index is -0.789. The van der Waals surface area contributed by atoms with E-state index in [4.69, 9.17) is 9.84 Å². The minimum Gasteiger partial charge on any atom is -0.480 e. The average molecular weight is 203 g/mol. The summed E-state index contributed by atoms with van der Waals surface area (Å²) in [5.74, 6) is -0.789. The third kappa shape index (κ3) is 4.58. The first-order valence-electron chi connectivity index (χ1n) is 4.78. The maximum absolute atomic E-state index is 10.7. The van der Waals surface area contributed by atoms with Gasteiger partial charge in [0.2, 0.25) is 0 Å². The van der Waals surface area contributed by atoms with Crippen molar-refractivity contribution in [2.75, 3.05) is 20.7 Å². The van der Waals surface area contributed by atoms with E-state index in [1.807, 2.05) is 25.8 Å². The Labute approximate surface area is 85.9 Å². The highest BCUT2D eigenvalue weighted by molar-refractivity contribution is 5.72. The fourth-order valence-corrected chi connectivity index (χ4v) is 0.930. The van der Waals surface area contributed by atoms with Crippen LogP contribution in [0.2, 0.25) is 0 Å². The lowest BCUT2D eigenvalue weighted by molar-refractivity contribution is -0.142. The van der Waals surface area contributed by atoms with Crippen molar-refractivity contribution in [3.63, 3.8) is 0 Å². The number of carboxylic acid groups (broad SMARTS) is 1. The third-order valence-electron chi connectivity index (χ3n) is 2.64. The molecule has 84 valence electrons. The van der Waals surface area contributed by atoms with Crippen LogP contribution in [-0.4, -0.2) is 48.3 Å². The van der Waals surface area contributed by atoms with Gasteiger partial charge in [-0.3, -0.25) is 9.69 Å². The number of hydrogen-bond acceptors (Lipinski definition) is 3. The number of nitrogens with zero attached hydrogens (tertiary/aromatic N) is 1. The van der Waals surface area contributed by atoms with E-state index in [-0.39, 0.29) is 5.60 Å². The molecule has 0 saturated carbocycles. The van der Waals surface area contributed by atoms with Gasteiger partial charge in [-0.25, -0.2) is 0 Å². The molecule has 0 aromatic heterocycles.